The molecule has 1 saturated heterocycles. The first-order valence-corrected chi connectivity index (χ1v) is 8.74. The molecule has 0 radical (unpaired) electrons. The highest BCUT2D eigenvalue weighted by atomic mass is 32.1. The summed E-state index contributed by atoms with van der Waals surface area (Å²) >= 11 is 1.95. The number of likely N-dealkylation sites (tertiary alicyclic amines) is 1. The van der Waals surface area contributed by atoms with Crippen LogP contribution in [0, 0.1) is 11.8 Å². The van der Waals surface area contributed by atoms with E-state index in [4.69, 9.17) is 0 Å². The molecule has 1 atom stereocenters. The maximum atomic E-state index is 3.51. The van der Waals surface area contributed by atoms with Crippen LogP contribution >= 0.6 is 11.3 Å². The third-order valence-corrected chi connectivity index (χ3v) is 5.57. The highest BCUT2D eigenvalue weighted by Gasteiger charge is 2.38. The fourth-order valence-electron chi connectivity index (χ4n) is 3.37. The summed E-state index contributed by atoms with van der Waals surface area (Å²) < 4.78 is 0. The van der Waals surface area contributed by atoms with Crippen molar-refractivity contribution in [1.29, 1.82) is 0 Å². The topological polar surface area (TPSA) is 15.3 Å². The van der Waals surface area contributed by atoms with Gasteiger partial charge in [-0.25, -0.2) is 0 Å². The van der Waals surface area contributed by atoms with Crippen molar-refractivity contribution >= 4 is 11.3 Å². The van der Waals surface area contributed by atoms with Crippen LogP contribution in [-0.4, -0.2) is 31.1 Å². The summed E-state index contributed by atoms with van der Waals surface area (Å²) in [6.45, 7) is 7.14. The molecule has 0 amide bonds. The highest BCUT2D eigenvalue weighted by Crippen LogP contribution is 2.46. The number of nitrogens with one attached hydrogen (secondary N) is 1. The van der Waals surface area contributed by atoms with Gasteiger partial charge in [-0.1, -0.05) is 13.0 Å². The fraction of sp³-hybridized carbons (Fsp3) is 0.750. The van der Waals surface area contributed by atoms with Crippen molar-refractivity contribution in [3.8, 4) is 0 Å². The van der Waals surface area contributed by atoms with Gasteiger partial charge in [0.25, 0.3) is 0 Å². The van der Waals surface area contributed by atoms with Crippen molar-refractivity contribution in [2.75, 3.05) is 26.2 Å². The van der Waals surface area contributed by atoms with Gasteiger partial charge in [0.2, 0.25) is 0 Å². The van der Waals surface area contributed by atoms with Crippen LogP contribution in [0.25, 0.3) is 0 Å². The lowest BCUT2D eigenvalue weighted by Gasteiger charge is -2.37. The molecule has 3 rings (SSSR count). The van der Waals surface area contributed by atoms with Gasteiger partial charge in [0, 0.05) is 10.9 Å². The quantitative estimate of drug-likeness (QED) is 0.856. The molecule has 1 N–H and O–H groups in total. The number of nitrogens with zero attached hydrogens (tertiary/aromatic N) is 1. The summed E-state index contributed by atoms with van der Waals surface area (Å²) in [4.78, 5) is 4.37. The van der Waals surface area contributed by atoms with Crippen molar-refractivity contribution < 1.29 is 0 Å². The molecule has 0 spiro atoms. The molecule has 2 fully saturated rings. The van der Waals surface area contributed by atoms with Gasteiger partial charge in [-0.3, -0.25) is 4.90 Å². The minimum absolute atomic E-state index is 0.736. The zero-order valence-corrected chi connectivity index (χ0v) is 12.8. The Hall–Kier alpha value is -0.380. The average Bonchev–Trinajstić information content (AvgIpc) is 3.13. The van der Waals surface area contributed by atoms with Gasteiger partial charge < -0.3 is 5.32 Å². The summed E-state index contributed by atoms with van der Waals surface area (Å²) in [7, 11) is 0. The predicted octanol–water partition coefficient (Wildman–Crippen LogP) is 3.52. The monoisotopic (exact) mass is 278 g/mol. The summed E-state index contributed by atoms with van der Waals surface area (Å²) in [6.07, 6.45) is 5.64. The Morgan fingerprint density at radius 1 is 1.32 bits per heavy atom. The van der Waals surface area contributed by atoms with Crippen molar-refractivity contribution in [3.63, 3.8) is 0 Å². The van der Waals surface area contributed by atoms with Crippen LogP contribution in [0.1, 0.15) is 43.5 Å². The first-order chi connectivity index (χ1) is 9.38. The van der Waals surface area contributed by atoms with Gasteiger partial charge in [0.15, 0.2) is 0 Å². The Morgan fingerprint density at radius 2 is 2.11 bits per heavy atom. The molecule has 1 aliphatic carbocycles. The van der Waals surface area contributed by atoms with Crippen LogP contribution < -0.4 is 5.32 Å². The summed E-state index contributed by atoms with van der Waals surface area (Å²) in [5.74, 6) is 1.85. The second-order valence-electron chi connectivity index (χ2n) is 6.08. The van der Waals surface area contributed by atoms with Crippen LogP contribution in [0.15, 0.2) is 17.5 Å². The van der Waals surface area contributed by atoms with Gasteiger partial charge in [0.1, 0.15) is 0 Å². The molecular formula is C16H26N2S. The lowest BCUT2D eigenvalue weighted by atomic mass is 9.94. The van der Waals surface area contributed by atoms with Crippen LogP contribution in [0.3, 0.4) is 0 Å². The zero-order chi connectivity index (χ0) is 13.1. The molecule has 106 valence electrons. The Bertz CT molecular complexity index is 364. The lowest BCUT2D eigenvalue weighted by molar-refractivity contribution is 0.120. The Balaban J connectivity index is 1.57. The van der Waals surface area contributed by atoms with Crippen molar-refractivity contribution in [1.82, 2.24) is 10.2 Å². The molecule has 1 aromatic rings. The standard InChI is InChI=1S/C16H26N2S/c1-2-17-12-13-7-9-18(10-8-13)16(14-5-6-14)15-4-3-11-19-15/h3-4,11,13-14,16-17H,2,5-10,12H2,1H3. The molecule has 3 heteroatoms. The summed E-state index contributed by atoms with van der Waals surface area (Å²) in [5.41, 5.74) is 0. The molecular weight excluding hydrogens is 252 g/mol. The van der Waals surface area contributed by atoms with E-state index in [0.717, 1.165) is 24.4 Å². The van der Waals surface area contributed by atoms with E-state index in [2.05, 4.69) is 34.7 Å². The molecule has 1 unspecified atom stereocenters. The van der Waals surface area contributed by atoms with Crippen LogP contribution in [0.5, 0.6) is 0 Å². The second-order valence-corrected chi connectivity index (χ2v) is 7.06. The Morgan fingerprint density at radius 3 is 2.68 bits per heavy atom. The summed E-state index contributed by atoms with van der Waals surface area (Å²) in [5, 5.41) is 5.75. The smallest absolute Gasteiger partial charge is 0.0469 e. The molecule has 2 aliphatic rings. The first-order valence-electron chi connectivity index (χ1n) is 7.86. The molecule has 2 nitrogen and oxygen atoms in total. The maximum Gasteiger partial charge on any atom is 0.0469 e. The third-order valence-electron chi connectivity index (χ3n) is 4.63. The lowest BCUT2D eigenvalue weighted by Crippen LogP contribution is -2.39. The highest BCUT2D eigenvalue weighted by molar-refractivity contribution is 7.10. The van der Waals surface area contributed by atoms with E-state index < -0.39 is 0 Å². The molecule has 19 heavy (non-hydrogen) atoms. The Labute approximate surface area is 121 Å². The fourth-order valence-corrected chi connectivity index (χ4v) is 4.32. The van der Waals surface area contributed by atoms with Crippen molar-refractivity contribution in [2.45, 2.75) is 38.6 Å². The minimum atomic E-state index is 0.736. The van der Waals surface area contributed by atoms with Gasteiger partial charge in [-0.2, -0.15) is 0 Å². The number of hydrogen-bond donors (Lipinski definition) is 1. The van der Waals surface area contributed by atoms with E-state index in [1.807, 2.05) is 11.3 Å². The zero-order valence-electron chi connectivity index (χ0n) is 12.0. The van der Waals surface area contributed by atoms with E-state index in [1.165, 1.54) is 45.3 Å². The van der Waals surface area contributed by atoms with Crippen LogP contribution in [0.2, 0.25) is 0 Å². The average molecular weight is 278 g/mol. The summed E-state index contributed by atoms with van der Waals surface area (Å²) in [6, 6.07) is 5.30. The van der Waals surface area contributed by atoms with Crippen LogP contribution in [0.4, 0.5) is 0 Å². The second kappa shape index (κ2) is 6.38. The van der Waals surface area contributed by atoms with Gasteiger partial charge in [-0.15, -0.1) is 11.3 Å². The van der Waals surface area contributed by atoms with Crippen molar-refractivity contribution in [2.24, 2.45) is 11.8 Å². The Kier molecular flexibility index (Phi) is 4.57. The first kappa shape index (κ1) is 13.6. The van der Waals surface area contributed by atoms with E-state index in [1.54, 1.807) is 4.88 Å². The maximum absolute atomic E-state index is 3.51. The van der Waals surface area contributed by atoms with Crippen LogP contribution in [-0.2, 0) is 0 Å². The third kappa shape index (κ3) is 3.39. The molecule has 1 aromatic heterocycles. The van der Waals surface area contributed by atoms with Gasteiger partial charge in [0.05, 0.1) is 0 Å². The van der Waals surface area contributed by atoms with E-state index >= 15 is 0 Å². The molecule has 1 saturated carbocycles. The number of rotatable bonds is 6. The van der Waals surface area contributed by atoms with Gasteiger partial charge >= 0.3 is 0 Å². The van der Waals surface area contributed by atoms with Gasteiger partial charge in [-0.05, 0) is 75.1 Å². The number of hydrogen-bond acceptors (Lipinski definition) is 3. The van der Waals surface area contributed by atoms with E-state index in [0.29, 0.717) is 0 Å². The molecule has 0 bridgehead atoms. The predicted molar refractivity (Wildman–Crippen MR) is 82.6 cm³/mol. The molecule has 0 aromatic carbocycles. The molecule has 2 heterocycles. The molecule has 1 aliphatic heterocycles. The van der Waals surface area contributed by atoms with Crippen molar-refractivity contribution in [3.05, 3.63) is 22.4 Å². The SMILES string of the molecule is CCNCC1CCN(C(c2cccs2)C2CC2)CC1. The minimum Gasteiger partial charge on any atom is -0.317 e. The van der Waals surface area contributed by atoms with E-state index in [9.17, 15) is 0 Å². The van der Waals surface area contributed by atoms with E-state index in [-0.39, 0.29) is 0 Å². The largest absolute Gasteiger partial charge is 0.317 e. The number of piperidine rings is 1. The number of thiophene rings is 1. The normalized spacial score (nSPS) is 23.6.